The average molecular weight is 482 g/mol. The van der Waals surface area contributed by atoms with Gasteiger partial charge in [-0.05, 0) is 23.3 Å². The second-order valence-electron chi connectivity index (χ2n) is 6.27. The number of nitrogens with zero attached hydrogens (tertiary/aromatic N) is 2. The van der Waals surface area contributed by atoms with Crippen LogP contribution in [0.25, 0.3) is 0 Å². The predicted molar refractivity (Wildman–Crippen MR) is 120 cm³/mol. The minimum atomic E-state index is 0. The van der Waals surface area contributed by atoms with Gasteiger partial charge in [0.05, 0.1) is 26.9 Å². The number of anilines is 1. The van der Waals surface area contributed by atoms with Crippen LogP contribution in [0, 0.1) is 0 Å². The number of hydrogen-bond donors (Lipinski definition) is 2. The van der Waals surface area contributed by atoms with Crippen molar-refractivity contribution in [3.63, 3.8) is 0 Å². The SMILES string of the molecule is COc1cccc(NC(N)=NCc2cccc(CN3CCOCC3)c2)c1.I. The van der Waals surface area contributed by atoms with Crippen molar-refractivity contribution < 1.29 is 9.47 Å². The molecular weight excluding hydrogens is 455 g/mol. The standard InChI is InChI=1S/C20H26N4O2.HI/c1-25-19-7-3-6-18(13-19)23-20(21)22-14-16-4-2-5-17(12-16)15-24-8-10-26-11-9-24;/h2-7,12-13H,8-11,14-15H2,1H3,(H3,21,22,23);1H. The Morgan fingerprint density at radius 3 is 2.67 bits per heavy atom. The number of nitrogens with one attached hydrogen (secondary N) is 1. The van der Waals surface area contributed by atoms with E-state index in [4.69, 9.17) is 15.2 Å². The van der Waals surface area contributed by atoms with Gasteiger partial charge in [-0.15, -0.1) is 24.0 Å². The number of nitrogens with two attached hydrogens (primary N) is 1. The largest absolute Gasteiger partial charge is 0.497 e. The number of aliphatic imine (C=N–C) groups is 1. The monoisotopic (exact) mass is 482 g/mol. The van der Waals surface area contributed by atoms with Crippen LogP contribution in [0.1, 0.15) is 11.1 Å². The Labute approximate surface area is 177 Å². The summed E-state index contributed by atoms with van der Waals surface area (Å²) in [5, 5.41) is 3.09. The summed E-state index contributed by atoms with van der Waals surface area (Å²) in [6.07, 6.45) is 0. The second kappa shape index (κ2) is 11.1. The number of methoxy groups -OCH3 is 1. The van der Waals surface area contributed by atoms with Crippen molar-refractivity contribution in [2.45, 2.75) is 13.1 Å². The first kappa shape index (κ1) is 21.5. The molecule has 0 radical (unpaired) electrons. The molecule has 0 atom stereocenters. The Kier molecular flexibility index (Phi) is 8.83. The van der Waals surface area contributed by atoms with Crippen LogP contribution in [0.4, 0.5) is 5.69 Å². The molecule has 1 aliphatic heterocycles. The van der Waals surface area contributed by atoms with Gasteiger partial charge < -0.3 is 20.5 Å². The minimum absolute atomic E-state index is 0. The maximum Gasteiger partial charge on any atom is 0.193 e. The van der Waals surface area contributed by atoms with Gasteiger partial charge in [-0.2, -0.15) is 0 Å². The Balaban J connectivity index is 0.00000261. The van der Waals surface area contributed by atoms with Crippen LogP contribution >= 0.6 is 24.0 Å². The van der Waals surface area contributed by atoms with Gasteiger partial charge in [0, 0.05) is 31.4 Å². The summed E-state index contributed by atoms with van der Waals surface area (Å²) in [7, 11) is 1.64. The number of halogens is 1. The molecule has 0 amide bonds. The summed E-state index contributed by atoms with van der Waals surface area (Å²) in [6, 6.07) is 16.1. The van der Waals surface area contributed by atoms with E-state index in [1.807, 2.05) is 24.3 Å². The first-order chi connectivity index (χ1) is 12.7. The molecule has 0 saturated carbocycles. The molecule has 3 rings (SSSR count). The molecule has 1 aliphatic rings. The summed E-state index contributed by atoms with van der Waals surface area (Å²) in [4.78, 5) is 6.85. The fourth-order valence-electron chi connectivity index (χ4n) is 2.91. The van der Waals surface area contributed by atoms with Crippen LogP contribution in [0.2, 0.25) is 0 Å². The van der Waals surface area contributed by atoms with E-state index in [0.29, 0.717) is 12.5 Å². The molecule has 146 valence electrons. The maximum absolute atomic E-state index is 6.01. The van der Waals surface area contributed by atoms with Gasteiger partial charge in [-0.3, -0.25) is 4.90 Å². The average Bonchev–Trinajstić information content (AvgIpc) is 2.68. The molecule has 0 spiro atoms. The molecule has 1 heterocycles. The highest BCUT2D eigenvalue weighted by Gasteiger charge is 2.10. The third-order valence-corrected chi connectivity index (χ3v) is 4.28. The van der Waals surface area contributed by atoms with Crippen molar-refractivity contribution in [2.24, 2.45) is 10.7 Å². The summed E-state index contributed by atoms with van der Waals surface area (Å²) < 4.78 is 10.6. The summed E-state index contributed by atoms with van der Waals surface area (Å²) in [5.74, 6) is 1.16. The van der Waals surface area contributed by atoms with E-state index >= 15 is 0 Å². The number of guanidine groups is 1. The molecule has 3 N–H and O–H groups in total. The first-order valence-corrected chi connectivity index (χ1v) is 8.82. The first-order valence-electron chi connectivity index (χ1n) is 8.82. The third-order valence-electron chi connectivity index (χ3n) is 4.28. The molecule has 0 unspecified atom stereocenters. The molecule has 27 heavy (non-hydrogen) atoms. The Hall–Kier alpha value is -1.84. The van der Waals surface area contributed by atoms with Crippen LogP contribution in [-0.2, 0) is 17.8 Å². The summed E-state index contributed by atoms with van der Waals surface area (Å²) >= 11 is 0. The number of ether oxygens (including phenoxy) is 2. The van der Waals surface area contributed by atoms with Gasteiger partial charge in [0.25, 0.3) is 0 Å². The molecule has 1 fully saturated rings. The molecular formula is C20H27IN4O2. The van der Waals surface area contributed by atoms with Crippen LogP contribution < -0.4 is 15.8 Å². The van der Waals surface area contributed by atoms with Crippen molar-refractivity contribution in [3.05, 3.63) is 59.7 Å². The lowest BCUT2D eigenvalue weighted by molar-refractivity contribution is 0.0342. The van der Waals surface area contributed by atoms with Crippen molar-refractivity contribution in [1.82, 2.24) is 4.90 Å². The van der Waals surface area contributed by atoms with E-state index in [1.165, 1.54) is 5.56 Å². The molecule has 7 heteroatoms. The van der Waals surface area contributed by atoms with Gasteiger partial charge in [-0.25, -0.2) is 4.99 Å². The van der Waals surface area contributed by atoms with Crippen molar-refractivity contribution in [1.29, 1.82) is 0 Å². The smallest absolute Gasteiger partial charge is 0.193 e. The van der Waals surface area contributed by atoms with Gasteiger partial charge in [0.15, 0.2) is 5.96 Å². The lowest BCUT2D eigenvalue weighted by atomic mass is 10.1. The lowest BCUT2D eigenvalue weighted by Crippen LogP contribution is -2.35. The van der Waals surface area contributed by atoms with Crippen LogP contribution in [0.5, 0.6) is 5.75 Å². The van der Waals surface area contributed by atoms with Crippen LogP contribution in [-0.4, -0.2) is 44.3 Å². The fourth-order valence-corrected chi connectivity index (χ4v) is 2.91. The highest BCUT2D eigenvalue weighted by atomic mass is 127. The van der Waals surface area contributed by atoms with Crippen molar-refractivity contribution >= 4 is 35.6 Å². The predicted octanol–water partition coefficient (Wildman–Crippen LogP) is 3.07. The van der Waals surface area contributed by atoms with E-state index in [-0.39, 0.29) is 24.0 Å². The van der Waals surface area contributed by atoms with Gasteiger partial charge in [0.1, 0.15) is 5.75 Å². The maximum atomic E-state index is 6.01. The molecule has 6 nitrogen and oxygen atoms in total. The Bertz CT molecular complexity index is 748. The number of rotatable bonds is 6. The highest BCUT2D eigenvalue weighted by Crippen LogP contribution is 2.16. The van der Waals surface area contributed by atoms with Crippen LogP contribution in [0.15, 0.2) is 53.5 Å². The summed E-state index contributed by atoms with van der Waals surface area (Å²) in [6.45, 7) is 5.09. The fraction of sp³-hybridized carbons (Fsp3) is 0.350. The number of benzene rings is 2. The van der Waals surface area contributed by atoms with Crippen molar-refractivity contribution in [3.8, 4) is 5.75 Å². The van der Waals surface area contributed by atoms with E-state index < -0.39 is 0 Å². The van der Waals surface area contributed by atoms with E-state index in [0.717, 1.165) is 49.8 Å². The topological polar surface area (TPSA) is 72.1 Å². The van der Waals surface area contributed by atoms with Crippen LogP contribution in [0.3, 0.4) is 0 Å². The third kappa shape index (κ3) is 7.00. The molecule has 0 bridgehead atoms. The van der Waals surface area contributed by atoms with Gasteiger partial charge in [-0.1, -0.05) is 30.3 Å². The number of hydrogen-bond acceptors (Lipinski definition) is 4. The van der Waals surface area contributed by atoms with E-state index in [2.05, 4.69) is 39.5 Å². The molecule has 2 aromatic rings. The number of morpholine rings is 1. The van der Waals surface area contributed by atoms with Gasteiger partial charge >= 0.3 is 0 Å². The highest BCUT2D eigenvalue weighted by molar-refractivity contribution is 14.0. The molecule has 2 aromatic carbocycles. The zero-order chi connectivity index (χ0) is 18.2. The quantitative estimate of drug-likeness (QED) is 0.376. The minimum Gasteiger partial charge on any atom is -0.497 e. The molecule has 1 saturated heterocycles. The Morgan fingerprint density at radius 2 is 1.89 bits per heavy atom. The van der Waals surface area contributed by atoms with E-state index in [1.54, 1.807) is 7.11 Å². The Morgan fingerprint density at radius 1 is 1.15 bits per heavy atom. The molecule has 0 aliphatic carbocycles. The normalized spacial score (nSPS) is 15.1. The zero-order valence-corrected chi connectivity index (χ0v) is 17.9. The van der Waals surface area contributed by atoms with E-state index in [9.17, 15) is 0 Å². The second-order valence-corrected chi connectivity index (χ2v) is 6.27. The van der Waals surface area contributed by atoms with Crippen molar-refractivity contribution in [2.75, 3.05) is 38.7 Å². The lowest BCUT2D eigenvalue weighted by Gasteiger charge is -2.26. The zero-order valence-electron chi connectivity index (χ0n) is 15.6. The molecule has 0 aromatic heterocycles. The van der Waals surface area contributed by atoms with Gasteiger partial charge in [0.2, 0.25) is 0 Å². The summed E-state index contributed by atoms with van der Waals surface area (Å²) in [5.41, 5.74) is 9.30.